The highest BCUT2D eigenvalue weighted by atomic mass is 32.1. The number of aromatic nitrogens is 3. The zero-order chi connectivity index (χ0) is 15.4. The van der Waals surface area contributed by atoms with Crippen LogP contribution >= 0.6 is 11.3 Å². The summed E-state index contributed by atoms with van der Waals surface area (Å²) in [6, 6.07) is 0. The van der Waals surface area contributed by atoms with E-state index in [0.717, 1.165) is 29.2 Å². The second kappa shape index (κ2) is 6.50. The van der Waals surface area contributed by atoms with Gasteiger partial charge in [-0.1, -0.05) is 0 Å². The van der Waals surface area contributed by atoms with E-state index in [-0.39, 0.29) is 5.91 Å². The molecule has 0 radical (unpaired) electrons. The van der Waals surface area contributed by atoms with E-state index >= 15 is 0 Å². The molecule has 116 valence electrons. The average molecular weight is 318 g/mol. The van der Waals surface area contributed by atoms with Crippen LogP contribution in [-0.2, 0) is 16.0 Å². The van der Waals surface area contributed by atoms with Crippen molar-refractivity contribution in [1.29, 1.82) is 0 Å². The summed E-state index contributed by atoms with van der Waals surface area (Å²) in [5.74, 6) is -0.0330. The second-order valence-corrected chi connectivity index (χ2v) is 6.28. The number of nitrogens with one attached hydrogen (secondary N) is 1. The molecule has 3 heterocycles. The molecule has 0 bridgehead atoms. The van der Waals surface area contributed by atoms with E-state index in [1.165, 1.54) is 11.3 Å². The van der Waals surface area contributed by atoms with Crippen LogP contribution in [0.4, 0.5) is 0 Å². The standard InChI is InChI=1S/C15H18N4O2S/c1-15(4-2-8-21-15)14(20)18-5-3-11-10-22-13(19-11)12-9-16-6-7-17-12/h6-7,9-10H,2-5,8H2,1H3,(H,18,20)/t15-/m0/s1. The van der Waals surface area contributed by atoms with E-state index in [2.05, 4.69) is 20.3 Å². The van der Waals surface area contributed by atoms with Crippen LogP contribution in [0.15, 0.2) is 24.0 Å². The summed E-state index contributed by atoms with van der Waals surface area (Å²) in [5.41, 5.74) is 1.06. The number of carbonyl (C=O) groups is 1. The number of hydrogen-bond donors (Lipinski definition) is 1. The topological polar surface area (TPSA) is 77.0 Å². The first-order valence-electron chi connectivity index (χ1n) is 7.30. The first-order chi connectivity index (χ1) is 10.7. The Morgan fingerprint density at radius 3 is 3.14 bits per heavy atom. The van der Waals surface area contributed by atoms with Crippen LogP contribution in [-0.4, -0.2) is 39.6 Å². The summed E-state index contributed by atoms with van der Waals surface area (Å²) in [4.78, 5) is 24.9. The van der Waals surface area contributed by atoms with Crippen LogP contribution in [0, 0.1) is 0 Å². The molecule has 3 rings (SSSR count). The lowest BCUT2D eigenvalue weighted by atomic mass is 10.0. The third-order valence-electron chi connectivity index (χ3n) is 3.70. The van der Waals surface area contributed by atoms with Crippen molar-refractivity contribution in [3.8, 4) is 10.7 Å². The van der Waals surface area contributed by atoms with Gasteiger partial charge in [0.2, 0.25) is 0 Å². The predicted octanol–water partition coefficient (Wildman–Crippen LogP) is 1.83. The van der Waals surface area contributed by atoms with Gasteiger partial charge in [0.15, 0.2) is 0 Å². The van der Waals surface area contributed by atoms with Crippen molar-refractivity contribution >= 4 is 17.2 Å². The van der Waals surface area contributed by atoms with Crippen molar-refractivity contribution in [2.75, 3.05) is 13.2 Å². The molecule has 2 aromatic rings. The molecule has 0 aliphatic carbocycles. The molecule has 1 saturated heterocycles. The lowest BCUT2D eigenvalue weighted by Crippen LogP contribution is -2.44. The van der Waals surface area contributed by atoms with Gasteiger partial charge in [0.25, 0.3) is 5.91 Å². The molecule has 0 spiro atoms. The Kier molecular flexibility index (Phi) is 4.44. The van der Waals surface area contributed by atoms with Crippen LogP contribution in [0.2, 0.25) is 0 Å². The molecule has 1 N–H and O–H groups in total. The van der Waals surface area contributed by atoms with Gasteiger partial charge in [-0.15, -0.1) is 11.3 Å². The van der Waals surface area contributed by atoms with E-state index in [4.69, 9.17) is 4.74 Å². The summed E-state index contributed by atoms with van der Waals surface area (Å²) in [7, 11) is 0. The van der Waals surface area contributed by atoms with E-state index in [1.807, 2.05) is 12.3 Å². The molecule has 1 fully saturated rings. The lowest BCUT2D eigenvalue weighted by Gasteiger charge is -2.21. The molecule has 0 unspecified atom stereocenters. The Morgan fingerprint density at radius 1 is 1.50 bits per heavy atom. The smallest absolute Gasteiger partial charge is 0.251 e. The van der Waals surface area contributed by atoms with Crippen LogP contribution in [0.5, 0.6) is 0 Å². The van der Waals surface area contributed by atoms with Gasteiger partial charge >= 0.3 is 0 Å². The Balaban J connectivity index is 1.52. The number of thiazole rings is 1. The fraction of sp³-hybridized carbons (Fsp3) is 0.467. The Morgan fingerprint density at radius 2 is 2.41 bits per heavy atom. The number of rotatable bonds is 5. The minimum Gasteiger partial charge on any atom is -0.365 e. The quantitative estimate of drug-likeness (QED) is 0.910. The summed E-state index contributed by atoms with van der Waals surface area (Å²) < 4.78 is 5.53. The van der Waals surface area contributed by atoms with Gasteiger partial charge in [-0.2, -0.15) is 0 Å². The van der Waals surface area contributed by atoms with Crippen molar-refractivity contribution in [3.63, 3.8) is 0 Å². The monoisotopic (exact) mass is 318 g/mol. The SMILES string of the molecule is C[C@@]1(C(=O)NCCc2csc(-c3cnccn3)n2)CCCO1. The van der Waals surface area contributed by atoms with Crippen molar-refractivity contribution in [2.45, 2.75) is 31.8 Å². The number of amides is 1. The highest BCUT2D eigenvalue weighted by Gasteiger charge is 2.37. The lowest BCUT2D eigenvalue weighted by molar-refractivity contribution is -0.139. The number of carbonyl (C=O) groups excluding carboxylic acids is 1. The maximum atomic E-state index is 12.1. The first-order valence-corrected chi connectivity index (χ1v) is 8.18. The number of nitrogens with zero attached hydrogens (tertiary/aromatic N) is 3. The average Bonchev–Trinajstić information content (AvgIpc) is 3.18. The second-order valence-electron chi connectivity index (χ2n) is 5.42. The van der Waals surface area contributed by atoms with Crippen molar-refractivity contribution in [3.05, 3.63) is 29.7 Å². The van der Waals surface area contributed by atoms with Crippen LogP contribution in [0.3, 0.4) is 0 Å². The largest absolute Gasteiger partial charge is 0.365 e. The van der Waals surface area contributed by atoms with Gasteiger partial charge in [0, 0.05) is 37.3 Å². The molecule has 2 aromatic heterocycles. The molecular weight excluding hydrogens is 300 g/mol. The Hall–Kier alpha value is -1.86. The third kappa shape index (κ3) is 3.31. The zero-order valence-electron chi connectivity index (χ0n) is 12.4. The fourth-order valence-electron chi connectivity index (χ4n) is 2.40. The van der Waals surface area contributed by atoms with Crippen molar-refractivity contribution < 1.29 is 9.53 Å². The van der Waals surface area contributed by atoms with Crippen molar-refractivity contribution in [2.24, 2.45) is 0 Å². The Labute approximate surface area is 133 Å². The number of hydrogen-bond acceptors (Lipinski definition) is 6. The van der Waals surface area contributed by atoms with Gasteiger partial charge in [0.1, 0.15) is 16.3 Å². The van der Waals surface area contributed by atoms with E-state index in [1.54, 1.807) is 18.6 Å². The highest BCUT2D eigenvalue weighted by molar-refractivity contribution is 7.13. The third-order valence-corrected chi connectivity index (χ3v) is 4.61. The van der Waals surface area contributed by atoms with Gasteiger partial charge in [-0.25, -0.2) is 4.98 Å². The maximum Gasteiger partial charge on any atom is 0.251 e. The minimum absolute atomic E-state index is 0.0330. The molecule has 1 atom stereocenters. The minimum atomic E-state index is -0.660. The summed E-state index contributed by atoms with van der Waals surface area (Å²) in [6.45, 7) is 3.07. The summed E-state index contributed by atoms with van der Waals surface area (Å²) in [5, 5.41) is 5.77. The maximum absolute atomic E-state index is 12.1. The molecule has 1 aliphatic rings. The summed E-state index contributed by atoms with van der Waals surface area (Å²) >= 11 is 1.54. The molecule has 6 nitrogen and oxygen atoms in total. The molecule has 7 heteroatoms. The molecule has 0 aromatic carbocycles. The summed E-state index contributed by atoms with van der Waals surface area (Å²) in [6.07, 6.45) is 7.41. The normalized spacial score (nSPS) is 21.0. The van der Waals surface area contributed by atoms with E-state index in [0.29, 0.717) is 19.6 Å². The van der Waals surface area contributed by atoms with Crippen LogP contribution in [0.25, 0.3) is 10.7 Å². The van der Waals surface area contributed by atoms with E-state index in [9.17, 15) is 4.79 Å². The fourth-order valence-corrected chi connectivity index (χ4v) is 3.21. The molecule has 22 heavy (non-hydrogen) atoms. The predicted molar refractivity (Wildman–Crippen MR) is 83.4 cm³/mol. The molecule has 1 amide bonds. The van der Waals surface area contributed by atoms with Gasteiger partial charge in [0.05, 0.1) is 11.9 Å². The molecule has 1 aliphatic heterocycles. The van der Waals surface area contributed by atoms with Gasteiger partial charge in [-0.3, -0.25) is 14.8 Å². The van der Waals surface area contributed by atoms with Crippen molar-refractivity contribution in [1.82, 2.24) is 20.3 Å². The molecular formula is C15H18N4O2S. The molecule has 0 saturated carbocycles. The van der Waals surface area contributed by atoms with Gasteiger partial charge in [-0.05, 0) is 19.8 Å². The van der Waals surface area contributed by atoms with Crippen LogP contribution < -0.4 is 5.32 Å². The highest BCUT2D eigenvalue weighted by Crippen LogP contribution is 2.25. The van der Waals surface area contributed by atoms with Gasteiger partial charge < -0.3 is 10.1 Å². The van der Waals surface area contributed by atoms with Crippen LogP contribution in [0.1, 0.15) is 25.5 Å². The van der Waals surface area contributed by atoms with E-state index < -0.39 is 5.60 Å². The zero-order valence-corrected chi connectivity index (χ0v) is 13.2. The number of ether oxygens (including phenoxy) is 1. The Bertz CT molecular complexity index is 638. The first kappa shape index (κ1) is 15.1.